The van der Waals surface area contributed by atoms with Crippen LogP contribution in [0.25, 0.3) is 0 Å². The first-order valence-corrected chi connectivity index (χ1v) is 7.15. The lowest BCUT2D eigenvalue weighted by Gasteiger charge is -2.20. The molecule has 1 saturated heterocycles. The predicted molar refractivity (Wildman–Crippen MR) is 75.8 cm³/mol. The van der Waals surface area contributed by atoms with Gasteiger partial charge >= 0.3 is 0 Å². The van der Waals surface area contributed by atoms with Gasteiger partial charge in [0, 0.05) is 6.04 Å². The molecule has 1 fully saturated rings. The number of rotatable bonds is 3. The van der Waals surface area contributed by atoms with Crippen LogP contribution in [-0.2, 0) is 0 Å². The molecule has 2 unspecified atom stereocenters. The third kappa shape index (κ3) is 3.56. The second kappa shape index (κ2) is 6.35. The fourth-order valence-corrected chi connectivity index (χ4v) is 2.68. The standard InChI is InChI=1S/C16H25NO/c1-12-7-8-14(10-13(12)2)16(18)11-15-6-4-3-5-9-17-15/h7-8,10,15-18H,3-6,9,11H2,1-2H3. The van der Waals surface area contributed by atoms with Crippen LogP contribution < -0.4 is 5.32 Å². The Morgan fingerprint density at radius 1 is 1.22 bits per heavy atom. The predicted octanol–water partition coefficient (Wildman–Crippen LogP) is 3.26. The monoisotopic (exact) mass is 247 g/mol. The van der Waals surface area contributed by atoms with Crippen molar-refractivity contribution in [2.75, 3.05) is 6.54 Å². The highest BCUT2D eigenvalue weighted by molar-refractivity contribution is 5.31. The first-order valence-electron chi connectivity index (χ1n) is 7.15. The largest absolute Gasteiger partial charge is 0.388 e. The molecule has 2 nitrogen and oxygen atoms in total. The van der Waals surface area contributed by atoms with Gasteiger partial charge in [0.2, 0.25) is 0 Å². The van der Waals surface area contributed by atoms with Crippen LogP contribution in [0.15, 0.2) is 18.2 Å². The van der Waals surface area contributed by atoms with Gasteiger partial charge in [-0.25, -0.2) is 0 Å². The van der Waals surface area contributed by atoms with E-state index < -0.39 is 0 Å². The summed E-state index contributed by atoms with van der Waals surface area (Å²) in [5.41, 5.74) is 3.61. The summed E-state index contributed by atoms with van der Waals surface area (Å²) in [6, 6.07) is 6.76. The lowest BCUT2D eigenvalue weighted by Crippen LogP contribution is -2.29. The van der Waals surface area contributed by atoms with Gasteiger partial charge in [0.25, 0.3) is 0 Å². The Hall–Kier alpha value is -0.860. The van der Waals surface area contributed by atoms with Crippen LogP contribution in [0.2, 0.25) is 0 Å². The molecule has 1 aromatic rings. The molecule has 2 rings (SSSR count). The molecular weight excluding hydrogens is 222 g/mol. The molecule has 2 N–H and O–H groups in total. The highest BCUT2D eigenvalue weighted by Crippen LogP contribution is 2.23. The van der Waals surface area contributed by atoms with Gasteiger partial charge in [-0.3, -0.25) is 0 Å². The van der Waals surface area contributed by atoms with E-state index in [1.165, 1.54) is 36.8 Å². The van der Waals surface area contributed by atoms with Gasteiger partial charge < -0.3 is 10.4 Å². The highest BCUT2D eigenvalue weighted by atomic mass is 16.3. The summed E-state index contributed by atoms with van der Waals surface area (Å²) in [5, 5.41) is 13.9. The van der Waals surface area contributed by atoms with E-state index in [2.05, 4.69) is 37.4 Å². The zero-order chi connectivity index (χ0) is 13.0. The number of nitrogens with one attached hydrogen (secondary N) is 1. The summed E-state index contributed by atoms with van der Waals surface area (Å²) in [6.07, 6.45) is 5.58. The molecule has 0 aliphatic carbocycles. The molecule has 0 bridgehead atoms. The number of aliphatic hydroxyl groups is 1. The van der Waals surface area contributed by atoms with Crippen LogP contribution in [-0.4, -0.2) is 17.7 Å². The third-order valence-electron chi connectivity index (χ3n) is 4.09. The van der Waals surface area contributed by atoms with Gasteiger partial charge in [-0.15, -0.1) is 0 Å². The van der Waals surface area contributed by atoms with Crippen LogP contribution in [0.5, 0.6) is 0 Å². The molecule has 1 aliphatic heterocycles. The zero-order valence-electron chi connectivity index (χ0n) is 11.6. The quantitative estimate of drug-likeness (QED) is 0.859. The van der Waals surface area contributed by atoms with Crippen LogP contribution in [0, 0.1) is 13.8 Å². The summed E-state index contributed by atoms with van der Waals surface area (Å²) in [4.78, 5) is 0. The summed E-state index contributed by atoms with van der Waals surface area (Å²) < 4.78 is 0. The Balaban J connectivity index is 1.97. The molecule has 18 heavy (non-hydrogen) atoms. The van der Waals surface area contributed by atoms with Crippen molar-refractivity contribution in [3.05, 3.63) is 34.9 Å². The molecule has 1 aromatic carbocycles. The van der Waals surface area contributed by atoms with E-state index in [0.717, 1.165) is 18.5 Å². The Labute approximate surface area is 110 Å². The maximum Gasteiger partial charge on any atom is 0.0805 e. The minimum absolute atomic E-state index is 0.333. The number of benzene rings is 1. The molecule has 2 heteroatoms. The second-order valence-electron chi connectivity index (χ2n) is 5.60. The zero-order valence-corrected chi connectivity index (χ0v) is 11.6. The number of hydrogen-bond donors (Lipinski definition) is 2. The van der Waals surface area contributed by atoms with Crippen molar-refractivity contribution in [1.82, 2.24) is 5.32 Å². The van der Waals surface area contributed by atoms with Crippen LogP contribution in [0.3, 0.4) is 0 Å². The van der Waals surface area contributed by atoms with Crippen LogP contribution >= 0.6 is 0 Å². The van der Waals surface area contributed by atoms with E-state index in [4.69, 9.17) is 0 Å². The highest BCUT2D eigenvalue weighted by Gasteiger charge is 2.17. The first-order chi connectivity index (χ1) is 8.66. The third-order valence-corrected chi connectivity index (χ3v) is 4.09. The van der Waals surface area contributed by atoms with E-state index in [1.54, 1.807) is 0 Å². The van der Waals surface area contributed by atoms with E-state index in [9.17, 15) is 5.11 Å². The lowest BCUT2D eigenvalue weighted by molar-refractivity contribution is 0.150. The lowest BCUT2D eigenvalue weighted by atomic mass is 9.96. The van der Waals surface area contributed by atoms with E-state index in [0.29, 0.717) is 6.04 Å². The molecule has 0 radical (unpaired) electrons. The van der Waals surface area contributed by atoms with Gasteiger partial charge in [-0.1, -0.05) is 31.0 Å². The van der Waals surface area contributed by atoms with Crippen molar-refractivity contribution in [2.24, 2.45) is 0 Å². The Kier molecular flexibility index (Phi) is 4.79. The average molecular weight is 247 g/mol. The summed E-state index contributed by atoms with van der Waals surface area (Å²) in [7, 11) is 0. The molecule has 100 valence electrons. The smallest absolute Gasteiger partial charge is 0.0805 e. The van der Waals surface area contributed by atoms with Crippen molar-refractivity contribution < 1.29 is 5.11 Å². The first kappa shape index (κ1) is 13.6. The van der Waals surface area contributed by atoms with Crippen molar-refractivity contribution in [3.8, 4) is 0 Å². The summed E-state index contributed by atoms with van der Waals surface area (Å²) in [5.74, 6) is 0. The van der Waals surface area contributed by atoms with Crippen molar-refractivity contribution >= 4 is 0 Å². The Morgan fingerprint density at radius 3 is 2.83 bits per heavy atom. The Bertz CT molecular complexity index is 381. The molecule has 1 aliphatic rings. The minimum Gasteiger partial charge on any atom is -0.388 e. The molecule has 1 heterocycles. The number of hydrogen-bond acceptors (Lipinski definition) is 2. The molecule has 0 spiro atoms. The molecule has 0 amide bonds. The number of aliphatic hydroxyl groups excluding tert-OH is 1. The van der Waals surface area contributed by atoms with E-state index in [1.807, 2.05) is 0 Å². The summed E-state index contributed by atoms with van der Waals surface area (Å²) in [6.45, 7) is 5.32. The fraction of sp³-hybridized carbons (Fsp3) is 0.625. The van der Waals surface area contributed by atoms with Crippen molar-refractivity contribution in [3.63, 3.8) is 0 Å². The van der Waals surface area contributed by atoms with Gasteiger partial charge in [0.15, 0.2) is 0 Å². The summed E-state index contributed by atoms with van der Waals surface area (Å²) >= 11 is 0. The molecule has 0 saturated carbocycles. The maximum atomic E-state index is 10.3. The number of aryl methyl sites for hydroxylation is 2. The Morgan fingerprint density at radius 2 is 2.06 bits per heavy atom. The SMILES string of the molecule is Cc1ccc(C(O)CC2CCCCCN2)cc1C. The molecular formula is C16H25NO. The topological polar surface area (TPSA) is 32.3 Å². The molecule has 2 atom stereocenters. The van der Waals surface area contributed by atoms with Gasteiger partial charge in [-0.05, 0) is 56.3 Å². The van der Waals surface area contributed by atoms with Crippen LogP contribution in [0.1, 0.15) is 54.9 Å². The van der Waals surface area contributed by atoms with Gasteiger partial charge in [-0.2, -0.15) is 0 Å². The maximum absolute atomic E-state index is 10.3. The van der Waals surface area contributed by atoms with E-state index >= 15 is 0 Å². The minimum atomic E-state index is -0.333. The average Bonchev–Trinajstić information content (AvgIpc) is 2.61. The van der Waals surface area contributed by atoms with Crippen LogP contribution in [0.4, 0.5) is 0 Å². The van der Waals surface area contributed by atoms with Crippen molar-refractivity contribution in [2.45, 2.75) is 58.1 Å². The molecule has 0 aromatic heterocycles. The van der Waals surface area contributed by atoms with Gasteiger partial charge in [0.1, 0.15) is 0 Å². The van der Waals surface area contributed by atoms with E-state index in [-0.39, 0.29) is 6.10 Å². The normalized spacial score (nSPS) is 22.5. The van der Waals surface area contributed by atoms with Crippen molar-refractivity contribution in [1.29, 1.82) is 0 Å². The van der Waals surface area contributed by atoms with Gasteiger partial charge in [0.05, 0.1) is 6.10 Å². The fourth-order valence-electron chi connectivity index (χ4n) is 2.68. The second-order valence-corrected chi connectivity index (χ2v) is 5.60.